The van der Waals surface area contributed by atoms with Crippen LogP contribution >= 0.6 is 0 Å². The van der Waals surface area contributed by atoms with Crippen LogP contribution in [0.4, 0.5) is 18.9 Å². The van der Waals surface area contributed by atoms with Crippen molar-refractivity contribution in [1.82, 2.24) is 5.32 Å². The average molecular weight is 406 g/mol. The maximum Gasteiger partial charge on any atom is 0.244 e. The number of benzene rings is 2. The number of aliphatic hydroxyl groups excluding tert-OH is 1. The number of hydrogen-bond donors (Lipinski definition) is 2. The molecule has 0 bridgehead atoms. The van der Waals surface area contributed by atoms with Crippen LogP contribution in [0.3, 0.4) is 0 Å². The van der Waals surface area contributed by atoms with E-state index in [2.05, 4.69) is 5.32 Å². The first kappa shape index (κ1) is 20.9. The molecule has 0 unspecified atom stereocenters. The van der Waals surface area contributed by atoms with Crippen LogP contribution in [0.5, 0.6) is 0 Å². The molecular weight excluding hydrogens is 385 g/mol. The normalized spacial score (nSPS) is 15.5. The van der Waals surface area contributed by atoms with Crippen LogP contribution in [-0.4, -0.2) is 43.9 Å². The van der Waals surface area contributed by atoms with Crippen molar-refractivity contribution < 1.29 is 27.8 Å². The summed E-state index contributed by atoms with van der Waals surface area (Å²) in [6.07, 6.45) is 2.30. The lowest BCUT2D eigenvalue weighted by Crippen LogP contribution is -2.37. The quantitative estimate of drug-likeness (QED) is 0.725. The molecule has 2 aromatic carbocycles. The van der Waals surface area contributed by atoms with Gasteiger partial charge in [-0.1, -0.05) is 6.07 Å². The van der Waals surface area contributed by atoms with Crippen molar-refractivity contribution in [1.29, 1.82) is 0 Å². The molecule has 1 amide bonds. The van der Waals surface area contributed by atoms with Gasteiger partial charge in [0, 0.05) is 30.8 Å². The van der Waals surface area contributed by atoms with Crippen LogP contribution in [0.25, 0.3) is 6.08 Å². The number of nitrogens with zero attached hydrogens (tertiary/aromatic N) is 1. The molecule has 0 aromatic heterocycles. The molecule has 1 saturated heterocycles. The Kier molecular flexibility index (Phi) is 6.90. The fourth-order valence-electron chi connectivity index (χ4n) is 3.05. The van der Waals surface area contributed by atoms with Gasteiger partial charge in [0.1, 0.15) is 17.5 Å². The zero-order valence-corrected chi connectivity index (χ0v) is 15.6. The summed E-state index contributed by atoms with van der Waals surface area (Å²) < 4.78 is 46.1. The standard InChI is InChI=1S/C21H21F3N2O3/c22-16-4-1-14(18(24)12-16)3-6-21(28)25-19(13-27)15-2-5-17(23)20(11-15)26-7-9-29-10-8-26/h1-6,11-12,19,27H,7-10,13H2,(H,25,28)/b6-3+/t19-/m0/s1. The summed E-state index contributed by atoms with van der Waals surface area (Å²) in [5.41, 5.74) is 0.964. The Morgan fingerprint density at radius 2 is 1.90 bits per heavy atom. The number of carbonyl (C=O) groups excluding carboxylic acids is 1. The summed E-state index contributed by atoms with van der Waals surface area (Å²) in [4.78, 5) is 14.0. The predicted octanol–water partition coefficient (Wildman–Crippen LogP) is 2.80. The third-order valence-electron chi connectivity index (χ3n) is 4.60. The number of anilines is 1. The second kappa shape index (κ2) is 9.58. The van der Waals surface area contributed by atoms with Gasteiger partial charge in [0.25, 0.3) is 0 Å². The lowest BCUT2D eigenvalue weighted by molar-refractivity contribution is -0.117. The minimum absolute atomic E-state index is 0.0542. The number of rotatable bonds is 6. The SMILES string of the molecule is O=C(/C=C/c1ccc(F)cc1F)N[C@@H](CO)c1ccc(F)c(N2CCOCC2)c1. The largest absolute Gasteiger partial charge is 0.394 e. The number of carbonyl (C=O) groups is 1. The molecule has 3 rings (SSSR count). The van der Waals surface area contributed by atoms with Crippen LogP contribution < -0.4 is 10.2 Å². The van der Waals surface area contributed by atoms with Gasteiger partial charge in [-0.25, -0.2) is 13.2 Å². The maximum absolute atomic E-state index is 14.3. The van der Waals surface area contributed by atoms with E-state index in [0.29, 0.717) is 37.6 Å². The van der Waals surface area contributed by atoms with Crippen LogP contribution in [-0.2, 0) is 9.53 Å². The number of hydrogen-bond acceptors (Lipinski definition) is 4. The summed E-state index contributed by atoms with van der Waals surface area (Å²) in [6.45, 7) is 1.67. The molecule has 8 heteroatoms. The molecule has 0 radical (unpaired) electrons. The van der Waals surface area contributed by atoms with Gasteiger partial charge in [-0.3, -0.25) is 4.79 Å². The second-order valence-electron chi connectivity index (χ2n) is 6.55. The monoisotopic (exact) mass is 406 g/mol. The zero-order chi connectivity index (χ0) is 20.8. The van der Waals surface area contributed by atoms with E-state index in [0.717, 1.165) is 18.2 Å². The van der Waals surface area contributed by atoms with Crippen molar-refractivity contribution in [2.45, 2.75) is 6.04 Å². The Morgan fingerprint density at radius 3 is 2.59 bits per heavy atom. The van der Waals surface area contributed by atoms with Crippen LogP contribution in [0.2, 0.25) is 0 Å². The third kappa shape index (κ3) is 5.36. The Hall–Kier alpha value is -2.84. The molecule has 1 aliphatic rings. The maximum atomic E-state index is 14.3. The van der Waals surface area contributed by atoms with Gasteiger partial charge in [-0.05, 0) is 35.9 Å². The van der Waals surface area contributed by atoms with E-state index in [1.165, 1.54) is 24.3 Å². The van der Waals surface area contributed by atoms with Crippen molar-refractivity contribution in [2.75, 3.05) is 37.8 Å². The fourth-order valence-corrected chi connectivity index (χ4v) is 3.05. The van der Waals surface area contributed by atoms with Gasteiger partial charge in [0.2, 0.25) is 5.91 Å². The molecule has 0 aliphatic carbocycles. The first-order chi connectivity index (χ1) is 14.0. The van der Waals surface area contributed by atoms with E-state index in [9.17, 15) is 23.1 Å². The molecule has 1 aliphatic heterocycles. The van der Waals surface area contributed by atoms with Gasteiger partial charge in [-0.2, -0.15) is 0 Å². The number of halogens is 3. The van der Waals surface area contributed by atoms with E-state index in [4.69, 9.17) is 4.74 Å². The van der Waals surface area contributed by atoms with E-state index in [1.54, 1.807) is 6.07 Å². The molecular formula is C21H21F3N2O3. The fraction of sp³-hybridized carbons (Fsp3) is 0.286. The number of aliphatic hydroxyl groups is 1. The number of morpholine rings is 1. The Morgan fingerprint density at radius 1 is 1.14 bits per heavy atom. The highest BCUT2D eigenvalue weighted by Gasteiger charge is 2.19. The van der Waals surface area contributed by atoms with E-state index < -0.39 is 36.0 Å². The highest BCUT2D eigenvalue weighted by Crippen LogP contribution is 2.25. The molecule has 2 aromatic rings. The van der Waals surface area contributed by atoms with Crippen LogP contribution in [0.1, 0.15) is 17.2 Å². The molecule has 154 valence electrons. The summed E-state index contributed by atoms with van der Waals surface area (Å²) >= 11 is 0. The second-order valence-corrected chi connectivity index (χ2v) is 6.55. The zero-order valence-electron chi connectivity index (χ0n) is 15.6. The lowest BCUT2D eigenvalue weighted by Gasteiger charge is -2.30. The smallest absolute Gasteiger partial charge is 0.244 e. The molecule has 0 saturated carbocycles. The highest BCUT2D eigenvalue weighted by atomic mass is 19.1. The number of ether oxygens (including phenoxy) is 1. The molecule has 5 nitrogen and oxygen atoms in total. The van der Waals surface area contributed by atoms with Gasteiger partial charge in [0.05, 0.1) is 31.5 Å². The highest BCUT2D eigenvalue weighted by molar-refractivity contribution is 5.92. The minimum Gasteiger partial charge on any atom is -0.394 e. The van der Waals surface area contributed by atoms with Gasteiger partial charge >= 0.3 is 0 Å². The summed E-state index contributed by atoms with van der Waals surface area (Å²) in [5.74, 6) is -2.48. The van der Waals surface area contributed by atoms with E-state index >= 15 is 0 Å². The Labute approximate surface area is 166 Å². The average Bonchev–Trinajstić information content (AvgIpc) is 2.72. The minimum atomic E-state index is -0.790. The van der Waals surface area contributed by atoms with Gasteiger partial charge in [0.15, 0.2) is 0 Å². The first-order valence-electron chi connectivity index (χ1n) is 9.14. The van der Waals surface area contributed by atoms with Crippen molar-refractivity contribution in [3.8, 4) is 0 Å². The van der Waals surface area contributed by atoms with Crippen LogP contribution in [0.15, 0.2) is 42.5 Å². The van der Waals surface area contributed by atoms with Crippen LogP contribution in [0, 0.1) is 17.5 Å². The summed E-state index contributed by atoms with van der Waals surface area (Å²) in [6, 6.07) is 6.62. The number of amides is 1. The topological polar surface area (TPSA) is 61.8 Å². The van der Waals surface area contributed by atoms with Crippen molar-refractivity contribution >= 4 is 17.7 Å². The third-order valence-corrected chi connectivity index (χ3v) is 4.60. The molecule has 2 N–H and O–H groups in total. The molecule has 1 heterocycles. The van der Waals surface area contributed by atoms with Gasteiger partial charge in [-0.15, -0.1) is 0 Å². The molecule has 1 fully saturated rings. The predicted molar refractivity (Wildman–Crippen MR) is 103 cm³/mol. The lowest BCUT2D eigenvalue weighted by atomic mass is 10.1. The summed E-state index contributed by atoms with van der Waals surface area (Å²) in [7, 11) is 0. The Balaban J connectivity index is 1.72. The van der Waals surface area contributed by atoms with E-state index in [-0.39, 0.29) is 5.56 Å². The van der Waals surface area contributed by atoms with Crippen molar-refractivity contribution in [2.24, 2.45) is 0 Å². The molecule has 1 atom stereocenters. The van der Waals surface area contributed by atoms with E-state index in [1.807, 2.05) is 4.90 Å². The first-order valence-corrected chi connectivity index (χ1v) is 9.14. The van der Waals surface area contributed by atoms with Crippen molar-refractivity contribution in [3.05, 3.63) is 71.1 Å². The summed E-state index contributed by atoms with van der Waals surface area (Å²) in [5, 5.41) is 12.3. The molecule has 29 heavy (non-hydrogen) atoms. The van der Waals surface area contributed by atoms with Gasteiger partial charge < -0.3 is 20.1 Å². The van der Waals surface area contributed by atoms with Crippen molar-refractivity contribution in [3.63, 3.8) is 0 Å². The molecule has 0 spiro atoms. The number of nitrogens with one attached hydrogen (secondary N) is 1. The Bertz CT molecular complexity index is 899.